The molecule has 0 spiro atoms. The number of rotatable bonds is 13. The molecule has 1 aromatic heterocycles. The molecule has 1 aliphatic rings. The highest BCUT2D eigenvalue weighted by atomic mass is 127. The predicted molar refractivity (Wildman–Crippen MR) is 162 cm³/mol. The number of aliphatic hydroxyl groups excluding tert-OH is 1. The van der Waals surface area contributed by atoms with E-state index in [2.05, 4.69) is 15.6 Å². The van der Waals surface area contributed by atoms with E-state index >= 15 is 0 Å². The number of carbonyl (C=O) groups is 4. The van der Waals surface area contributed by atoms with Crippen molar-refractivity contribution in [3.63, 3.8) is 0 Å². The average Bonchev–Trinajstić information content (AvgIpc) is 3.52. The highest BCUT2D eigenvalue weighted by molar-refractivity contribution is 14.1. The van der Waals surface area contributed by atoms with E-state index in [9.17, 15) is 24.3 Å². The molecular weight excluding hydrogens is 663 g/mol. The number of aromatic nitrogens is 1. The maximum atomic E-state index is 13.6. The van der Waals surface area contributed by atoms with Crippen molar-refractivity contribution < 1.29 is 33.8 Å². The Hall–Kier alpha value is -2.46. The summed E-state index contributed by atoms with van der Waals surface area (Å²) in [5.41, 5.74) is 4.04. The van der Waals surface area contributed by atoms with Crippen molar-refractivity contribution >= 4 is 55.4 Å². The first-order valence-corrected chi connectivity index (χ1v) is 15.2. The molecule has 0 unspecified atom stereocenters. The lowest BCUT2D eigenvalue weighted by molar-refractivity contribution is -0.144. The van der Waals surface area contributed by atoms with Crippen LogP contribution < -0.4 is 10.6 Å². The van der Waals surface area contributed by atoms with Gasteiger partial charge >= 0.3 is 0 Å². The summed E-state index contributed by atoms with van der Waals surface area (Å²) in [6, 6.07) is 6.02. The molecule has 2 aromatic rings. The molecule has 1 fully saturated rings. The number of halogens is 1. The predicted octanol–water partition coefficient (Wildman–Crippen LogP) is 2.22. The number of amides is 3. The second-order valence-corrected chi connectivity index (χ2v) is 13.0. The number of benzene rings is 1. The molecule has 0 radical (unpaired) electrons. The van der Waals surface area contributed by atoms with Crippen LogP contribution in [-0.2, 0) is 35.2 Å². The Kier molecular flexibility index (Phi) is 12.2. The minimum Gasteiger partial charge on any atom is -0.391 e. The van der Waals surface area contributed by atoms with Gasteiger partial charge in [-0.3, -0.25) is 19.2 Å². The summed E-state index contributed by atoms with van der Waals surface area (Å²) in [7, 11) is 0. The zero-order valence-corrected chi connectivity index (χ0v) is 26.6. The summed E-state index contributed by atoms with van der Waals surface area (Å²) in [6.07, 6.45) is -0.750. The Bertz CT molecular complexity index is 1210. The Labute approximate surface area is 257 Å². The van der Waals surface area contributed by atoms with Crippen LogP contribution in [0.4, 0.5) is 0 Å². The summed E-state index contributed by atoms with van der Waals surface area (Å²) >= 11 is 3.20. The van der Waals surface area contributed by atoms with Crippen molar-refractivity contribution in [3.05, 3.63) is 41.0 Å². The smallest absolute Gasteiger partial charge is 0.246 e. The number of aliphatic hydroxyl groups is 1. The molecule has 3 amide bonds. The maximum Gasteiger partial charge on any atom is 0.246 e. The van der Waals surface area contributed by atoms with Crippen molar-refractivity contribution in [2.24, 2.45) is 5.41 Å². The number of thiazole rings is 1. The third-order valence-electron chi connectivity index (χ3n) is 6.53. The SMILES string of the molecule is Cc1ncsc1-c1ccc(CNC(=O)[C@@H]2C[C@@H](O)CN2C(=O)[C@@H](NC(=O)COCCOCC(=O)I)C(C)(C)C)cc1. The van der Waals surface area contributed by atoms with Gasteiger partial charge in [-0.05, 0) is 23.5 Å². The van der Waals surface area contributed by atoms with Crippen molar-refractivity contribution in [2.45, 2.75) is 58.8 Å². The molecular formula is C28H37IN4O7S. The van der Waals surface area contributed by atoms with E-state index in [-0.39, 0.29) is 55.6 Å². The average molecular weight is 701 g/mol. The number of hydrogen-bond donors (Lipinski definition) is 3. The number of likely N-dealkylation sites (tertiary alicyclic amines) is 1. The van der Waals surface area contributed by atoms with Crippen molar-refractivity contribution in [3.8, 4) is 10.4 Å². The summed E-state index contributed by atoms with van der Waals surface area (Å²) in [5, 5.41) is 16.0. The van der Waals surface area contributed by atoms with Gasteiger partial charge in [-0.15, -0.1) is 11.3 Å². The topological polar surface area (TPSA) is 147 Å². The van der Waals surface area contributed by atoms with Crippen LogP contribution in [0.15, 0.2) is 29.8 Å². The maximum absolute atomic E-state index is 13.6. The molecule has 41 heavy (non-hydrogen) atoms. The summed E-state index contributed by atoms with van der Waals surface area (Å²) in [5.74, 6) is -1.32. The number of aryl methyl sites for hydroxylation is 1. The van der Waals surface area contributed by atoms with E-state index in [0.29, 0.717) is 0 Å². The Morgan fingerprint density at radius 3 is 2.39 bits per heavy atom. The fraction of sp³-hybridized carbons (Fsp3) is 0.536. The van der Waals surface area contributed by atoms with E-state index in [1.54, 1.807) is 39.4 Å². The van der Waals surface area contributed by atoms with Gasteiger partial charge in [-0.1, -0.05) is 45.0 Å². The van der Waals surface area contributed by atoms with E-state index in [1.807, 2.05) is 52.0 Å². The number of hydrogen-bond acceptors (Lipinski definition) is 9. The number of nitrogens with one attached hydrogen (secondary N) is 2. The summed E-state index contributed by atoms with van der Waals surface area (Å²) in [4.78, 5) is 57.0. The molecule has 11 nitrogen and oxygen atoms in total. The number of carbonyl (C=O) groups excluding carboxylic acids is 4. The molecule has 3 N–H and O–H groups in total. The van der Waals surface area contributed by atoms with Gasteiger partial charge < -0.3 is 30.1 Å². The first-order chi connectivity index (χ1) is 19.4. The van der Waals surface area contributed by atoms with Crippen LogP contribution in [0.25, 0.3) is 10.4 Å². The van der Waals surface area contributed by atoms with Crippen LogP contribution >= 0.6 is 33.9 Å². The summed E-state index contributed by atoms with van der Waals surface area (Å²) < 4.78 is 10.3. The van der Waals surface area contributed by atoms with Gasteiger partial charge in [0, 0.05) is 42.1 Å². The van der Waals surface area contributed by atoms with Gasteiger partial charge in [0.1, 0.15) is 25.3 Å². The highest BCUT2D eigenvalue weighted by Gasteiger charge is 2.44. The third kappa shape index (κ3) is 9.81. The molecule has 1 saturated heterocycles. The van der Waals surface area contributed by atoms with Crippen LogP contribution in [-0.4, -0.2) is 87.7 Å². The fourth-order valence-corrected chi connectivity index (χ4v) is 5.45. The van der Waals surface area contributed by atoms with Crippen LogP contribution in [0.3, 0.4) is 0 Å². The number of β-amino-alcohol motifs (C(OH)–C–C–N with tert-alkyl or cyclic N) is 1. The van der Waals surface area contributed by atoms with Crippen LogP contribution in [0.1, 0.15) is 38.4 Å². The number of ether oxygens (including phenoxy) is 2. The Morgan fingerprint density at radius 1 is 1.15 bits per heavy atom. The monoisotopic (exact) mass is 700 g/mol. The van der Waals surface area contributed by atoms with Crippen LogP contribution in [0.2, 0.25) is 0 Å². The van der Waals surface area contributed by atoms with Crippen molar-refractivity contribution in [2.75, 3.05) is 33.0 Å². The quantitative estimate of drug-likeness (QED) is 0.164. The van der Waals surface area contributed by atoms with Gasteiger partial charge in [0.15, 0.2) is 0 Å². The lowest BCUT2D eigenvalue weighted by Crippen LogP contribution is -2.58. The first-order valence-electron chi connectivity index (χ1n) is 13.3. The standard InChI is InChI=1S/C28H37IN4O7S/c1-17-24(41-16-31-17)19-7-5-18(6-8-19)12-30-26(37)21-11-20(34)13-33(21)27(38)25(28(2,3)4)32-23(36)15-40-10-9-39-14-22(29)35/h5-8,16,20-21,25,34H,9-15H2,1-4H3,(H,30,37)(H,32,36)/t20-,21+,25-/m1/s1. The van der Waals surface area contributed by atoms with E-state index in [0.717, 1.165) is 21.7 Å². The normalized spacial score (nSPS) is 17.8. The molecule has 224 valence electrons. The van der Waals surface area contributed by atoms with E-state index in [1.165, 1.54) is 4.90 Å². The lowest BCUT2D eigenvalue weighted by atomic mass is 9.85. The Morgan fingerprint density at radius 2 is 1.80 bits per heavy atom. The van der Waals surface area contributed by atoms with Gasteiger partial charge in [0.2, 0.25) is 21.5 Å². The molecule has 13 heteroatoms. The largest absolute Gasteiger partial charge is 0.391 e. The molecule has 2 heterocycles. The zero-order chi connectivity index (χ0) is 30.2. The minimum absolute atomic E-state index is 0.00830. The molecule has 3 atom stereocenters. The molecule has 0 bridgehead atoms. The number of nitrogens with zero attached hydrogens (tertiary/aromatic N) is 2. The molecule has 1 aliphatic heterocycles. The van der Waals surface area contributed by atoms with Gasteiger partial charge in [0.05, 0.1) is 35.4 Å². The van der Waals surface area contributed by atoms with Gasteiger partial charge in [0.25, 0.3) is 0 Å². The molecule has 0 aliphatic carbocycles. The lowest BCUT2D eigenvalue weighted by Gasteiger charge is -2.35. The highest BCUT2D eigenvalue weighted by Crippen LogP contribution is 2.28. The van der Waals surface area contributed by atoms with Crippen molar-refractivity contribution in [1.82, 2.24) is 20.5 Å². The van der Waals surface area contributed by atoms with Crippen LogP contribution in [0, 0.1) is 12.3 Å². The van der Waals surface area contributed by atoms with Crippen molar-refractivity contribution in [1.29, 1.82) is 0 Å². The summed E-state index contributed by atoms with van der Waals surface area (Å²) in [6.45, 7) is 7.58. The fourth-order valence-electron chi connectivity index (χ4n) is 4.42. The molecule has 0 saturated carbocycles. The zero-order valence-electron chi connectivity index (χ0n) is 23.6. The second-order valence-electron chi connectivity index (χ2n) is 10.9. The van der Waals surface area contributed by atoms with E-state index < -0.39 is 35.4 Å². The Balaban J connectivity index is 1.58. The molecule has 3 rings (SSSR count). The third-order valence-corrected chi connectivity index (χ3v) is 7.82. The van der Waals surface area contributed by atoms with Crippen LogP contribution in [0.5, 0.6) is 0 Å². The second kappa shape index (κ2) is 15.1. The minimum atomic E-state index is -0.949. The van der Waals surface area contributed by atoms with Gasteiger partial charge in [-0.25, -0.2) is 4.98 Å². The molecule has 1 aromatic carbocycles. The first kappa shape index (κ1) is 33.0. The van der Waals surface area contributed by atoms with Gasteiger partial charge in [-0.2, -0.15) is 0 Å². The van der Waals surface area contributed by atoms with E-state index in [4.69, 9.17) is 9.47 Å².